The smallest absolute Gasteiger partial charge is 0.248 e. The predicted molar refractivity (Wildman–Crippen MR) is 156 cm³/mol. The highest BCUT2D eigenvalue weighted by atomic mass is 32.2. The highest BCUT2D eigenvalue weighted by molar-refractivity contribution is 7.89. The first kappa shape index (κ1) is 30.0. The fourth-order valence-electron chi connectivity index (χ4n) is 6.78. The van der Waals surface area contributed by atoms with Crippen molar-refractivity contribution >= 4 is 15.9 Å². The standard InChI is InChI=1S/C30H44N4O6S/c1-22-17-26(38-4)18-23(2)30(22)41(36,37)34-12-11-33-10-6-9-27(33)28(34)20-40-21-29(35)31(3)24-7-5-8-25(19-24)32-13-15-39-16-14-32/h6,9-10,17-18,24-25,28H,5,7-8,11-16,19-21H2,1-4H3. The number of carbonyl (C=O) groups is 1. The molecule has 3 unspecified atom stereocenters. The number of nitrogens with zero attached hydrogens (tertiary/aromatic N) is 4. The van der Waals surface area contributed by atoms with Crippen molar-refractivity contribution < 1.29 is 27.4 Å². The van der Waals surface area contributed by atoms with E-state index in [0.717, 1.165) is 57.7 Å². The van der Waals surface area contributed by atoms with Gasteiger partial charge in [0.15, 0.2) is 0 Å². The molecule has 3 aliphatic rings. The molecule has 0 N–H and O–H groups in total. The minimum atomic E-state index is -3.84. The number of hydrogen-bond donors (Lipinski definition) is 0. The fourth-order valence-corrected chi connectivity index (χ4v) is 8.77. The summed E-state index contributed by atoms with van der Waals surface area (Å²) in [4.78, 5) is 17.9. The van der Waals surface area contributed by atoms with Crippen LogP contribution in [0.4, 0.5) is 0 Å². The summed E-state index contributed by atoms with van der Waals surface area (Å²) in [5.41, 5.74) is 2.15. The highest BCUT2D eigenvalue weighted by Crippen LogP contribution is 2.35. The SMILES string of the molecule is COc1cc(C)c(S(=O)(=O)N2CCn3cccc3C2COCC(=O)N(C)C2CCCC(N3CCOCC3)C2)c(C)c1. The average molecular weight is 589 g/mol. The number of rotatable bonds is 9. The van der Waals surface area contributed by atoms with Gasteiger partial charge in [0.25, 0.3) is 0 Å². The number of amides is 1. The molecule has 2 aromatic rings. The van der Waals surface area contributed by atoms with Gasteiger partial charge in [0.05, 0.1) is 37.9 Å². The van der Waals surface area contributed by atoms with Gasteiger partial charge in [-0.15, -0.1) is 0 Å². The van der Waals surface area contributed by atoms with E-state index in [4.69, 9.17) is 14.2 Å². The lowest BCUT2D eigenvalue weighted by Crippen LogP contribution is -2.50. The van der Waals surface area contributed by atoms with Crippen molar-refractivity contribution in [2.45, 2.75) is 69.1 Å². The summed E-state index contributed by atoms with van der Waals surface area (Å²) in [5.74, 6) is 0.559. The number of methoxy groups -OCH3 is 1. The maximum Gasteiger partial charge on any atom is 0.248 e. The van der Waals surface area contributed by atoms with E-state index in [9.17, 15) is 13.2 Å². The van der Waals surface area contributed by atoms with Crippen LogP contribution in [0.1, 0.15) is 48.5 Å². The Balaban J connectivity index is 1.26. The highest BCUT2D eigenvalue weighted by Gasteiger charge is 2.39. The van der Waals surface area contributed by atoms with Gasteiger partial charge in [0.2, 0.25) is 15.9 Å². The largest absolute Gasteiger partial charge is 0.497 e. The Bertz CT molecular complexity index is 1300. The van der Waals surface area contributed by atoms with Crippen LogP contribution >= 0.6 is 0 Å². The molecule has 0 spiro atoms. The molecule has 11 heteroatoms. The van der Waals surface area contributed by atoms with Crippen LogP contribution in [0.25, 0.3) is 0 Å². The molecular formula is C30H44N4O6S. The summed E-state index contributed by atoms with van der Waals surface area (Å²) in [6.07, 6.45) is 6.18. The van der Waals surface area contributed by atoms with Crippen LogP contribution in [0.5, 0.6) is 5.75 Å². The molecule has 2 fully saturated rings. The van der Waals surface area contributed by atoms with Crippen LogP contribution < -0.4 is 4.74 Å². The Labute approximate surface area is 244 Å². The monoisotopic (exact) mass is 588 g/mol. The molecule has 5 rings (SSSR count). The number of ether oxygens (including phenoxy) is 3. The lowest BCUT2D eigenvalue weighted by atomic mass is 9.89. The van der Waals surface area contributed by atoms with Gasteiger partial charge in [-0.3, -0.25) is 9.69 Å². The van der Waals surface area contributed by atoms with E-state index in [-0.39, 0.29) is 25.2 Å². The molecule has 0 radical (unpaired) electrons. The first-order chi connectivity index (χ1) is 19.7. The van der Waals surface area contributed by atoms with Crippen LogP contribution in [0.2, 0.25) is 0 Å². The van der Waals surface area contributed by atoms with Gasteiger partial charge < -0.3 is 23.7 Å². The third-order valence-electron chi connectivity index (χ3n) is 8.97. The number of sulfonamides is 1. The molecule has 1 aliphatic carbocycles. The van der Waals surface area contributed by atoms with Crippen LogP contribution in [0, 0.1) is 13.8 Å². The summed E-state index contributed by atoms with van der Waals surface area (Å²) < 4.78 is 48.6. The van der Waals surface area contributed by atoms with Gasteiger partial charge in [-0.25, -0.2) is 8.42 Å². The minimum absolute atomic E-state index is 0.0694. The number of aryl methyl sites for hydroxylation is 2. The molecule has 1 saturated carbocycles. The molecule has 1 aromatic heterocycles. The average Bonchev–Trinajstić information content (AvgIpc) is 3.46. The molecule has 226 valence electrons. The number of likely N-dealkylation sites (N-methyl/N-ethyl adjacent to an activating group) is 1. The second-order valence-corrected chi connectivity index (χ2v) is 13.3. The van der Waals surface area contributed by atoms with Gasteiger partial charge in [-0.2, -0.15) is 4.31 Å². The fraction of sp³-hybridized carbons (Fsp3) is 0.633. The van der Waals surface area contributed by atoms with E-state index in [2.05, 4.69) is 9.47 Å². The lowest BCUT2D eigenvalue weighted by Gasteiger charge is -2.41. The molecule has 1 saturated heterocycles. The van der Waals surface area contributed by atoms with Gasteiger partial charge >= 0.3 is 0 Å². The molecule has 3 atom stereocenters. The van der Waals surface area contributed by atoms with Crippen LogP contribution in [0.3, 0.4) is 0 Å². The number of hydrogen-bond acceptors (Lipinski definition) is 7. The Morgan fingerprint density at radius 2 is 1.83 bits per heavy atom. The zero-order valence-electron chi connectivity index (χ0n) is 24.8. The third kappa shape index (κ3) is 6.34. The van der Waals surface area contributed by atoms with Gasteiger partial charge in [-0.1, -0.05) is 0 Å². The Kier molecular flexibility index (Phi) is 9.40. The zero-order valence-corrected chi connectivity index (χ0v) is 25.6. The van der Waals surface area contributed by atoms with Crippen molar-refractivity contribution in [2.24, 2.45) is 0 Å². The van der Waals surface area contributed by atoms with Crippen molar-refractivity contribution in [3.63, 3.8) is 0 Å². The first-order valence-electron chi connectivity index (χ1n) is 14.7. The summed E-state index contributed by atoms with van der Waals surface area (Å²) in [6.45, 7) is 7.94. The normalized spacial score (nSPS) is 24.1. The van der Waals surface area contributed by atoms with Crippen molar-refractivity contribution in [1.82, 2.24) is 18.7 Å². The van der Waals surface area contributed by atoms with Crippen molar-refractivity contribution in [3.05, 3.63) is 47.3 Å². The Morgan fingerprint density at radius 3 is 2.54 bits per heavy atom. The number of benzene rings is 1. The van der Waals surface area contributed by atoms with E-state index >= 15 is 0 Å². The second-order valence-electron chi connectivity index (χ2n) is 11.5. The van der Waals surface area contributed by atoms with E-state index in [1.54, 1.807) is 33.1 Å². The molecule has 2 aliphatic heterocycles. The molecule has 41 heavy (non-hydrogen) atoms. The van der Waals surface area contributed by atoms with E-state index < -0.39 is 16.1 Å². The van der Waals surface area contributed by atoms with E-state index in [1.807, 2.05) is 30.3 Å². The van der Waals surface area contributed by atoms with E-state index in [0.29, 0.717) is 40.9 Å². The van der Waals surface area contributed by atoms with Gasteiger partial charge in [0.1, 0.15) is 12.4 Å². The summed E-state index contributed by atoms with van der Waals surface area (Å²) in [6, 6.07) is 7.48. The quantitative estimate of drug-likeness (QED) is 0.445. The van der Waals surface area contributed by atoms with Crippen molar-refractivity contribution in [1.29, 1.82) is 0 Å². The summed E-state index contributed by atoms with van der Waals surface area (Å²) in [5, 5.41) is 0. The predicted octanol–water partition coefficient (Wildman–Crippen LogP) is 2.98. The first-order valence-corrected chi connectivity index (χ1v) is 16.1. The molecule has 1 amide bonds. The second kappa shape index (κ2) is 12.8. The molecule has 3 heterocycles. The van der Waals surface area contributed by atoms with Crippen LogP contribution in [-0.4, -0.2) is 105 Å². The third-order valence-corrected chi connectivity index (χ3v) is 11.2. The van der Waals surface area contributed by atoms with Crippen molar-refractivity contribution in [3.8, 4) is 5.75 Å². The number of fused-ring (bicyclic) bond motifs is 1. The zero-order chi connectivity index (χ0) is 29.1. The lowest BCUT2D eigenvalue weighted by molar-refractivity contribution is -0.138. The Morgan fingerprint density at radius 1 is 1.10 bits per heavy atom. The van der Waals surface area contributed by atoms with Gasteiger partial charge in [-0.05, 0) is 74.9 Å². The molecule has 1 aromatic carbocycles. The van der Waals surface area contributed by atoms with Gasteiger partial charge in [0, 0.05) is 57.2 Å². The molecule has 10 nitrogen and oxygen atoms in total. The minimum Gasteiger partial charge on any atom is -0.497 e. The molecular weight excluding hydrogens is 544 g/mol. The maximum atomic E-state index is 14.1. The number of aromatic nitrogens is 1. The van der Waals surface area contributed by atoms with Crippen LogP contribution in [-0.2, 0) is 30.8 Å². The Hall–Kier alpha value is -2.44. The molecule has 0 bridgehead atoms. The summed E-state index contributed by atoms with van der Waals surface area (Å²) in [7, 11) is -0.399. The topological polar surface area (TPSA) is 93.5 Å². The maximum absolute atomic E-state index is 14.1. The summed E-state index contributed by atoms with van der Waals surface area (Å²) >= 11 is 0. The van der Waals surface area contributed by atoms with Crippen LogP contribution in [0.15, 0.2) is 35.4 Å². The van der Waals surface area contributed by atoms with Crippen molar-refractivity contribution in [2.75, 3.05) is 60.2 Å². The van der Waals surface area contributed by atoms with E-state index in [1.165, 1.54) is 4.31 Å². The number of carbonyl (C=O) groups excluding carboxylic acids is 1. The number of morpholine rings is 1.